The van der Waals surface area contributed by atoms with E-state index in [-0.39, 0.29) is 15.8 Å². The third kappa shape index (κ3) is 3.19. The van der Waals surface area contributed by atoms with Crippen molar-refractivity contribution in [2.75, 3.05) is 14.2 Å². The Bertz CT molecular complexity index is 409. The second kappa shape index (κ2) is 5.35. The number of hydrogen-bond acceptors (Lipinski definition) is 2. The van der Waals surface area contributed by atoms with Crippen LogP contribution in [0.25, 0.3) is 0 Å². The summed E-state index contributed by atoms with van der Waals surface area (Å²) < 4.78 is 47.6. The minimum Gasteiger partial charge on any atom is -0.493 e. The Hall–Kier alpha value is -0.620. The second-order valence-electron chi connectivity index (χ2n) is 3.13. The largest absolute Gasteiger partial charge is 0.493 e. The van der Waals surface area contributed by atoms with Crippen LogP contribution in [0.3, 0.4) is 0 Å². The average Bonchev–Trinajstić information content (AvgIpc) is 2.26. The third-order valence-electron chi connectivity index (χ3n) is 2.06. The molecule has 0 aliphatic carbocycles. The molecule has 1 atom stereocenters. The van der Waals surface area contributed by atoms with Crippen molar-refractivity contribution in [1.29, 1.82) is 0 Å². The van der Waals surface area contributed by atoms with Crippen LogP contribution in [0.2, 0.25) is 0 Å². The molecule has 0 bridgehead atoms. The van der Waals surface area contributed by atoms with Gasteiger partial charge < -0.3 is 9.47 Å². The molecule has 0 amide bonds. The van der Waals surface area contributed by atoms with Gasteiger partial charge in [-0.1, -0.05) is 15.9 Å². The number of benzene rings is 1. The molecule has 0 N–H and O–H groups in total. The first-order valence-corrected chi connectivity index (χ1v) is 5.66. The van der Waals surface area contributed by atoms with Crippen molar-refractivity contribution in [2.24, 2.45) is 0 Å². The van der Waals surface area contributed by atoms with Crippen LogP contribution in [0.1, 0.15) is 10.9 Å². The van der Waals surface area contributed by atoms with E-state index < -0.39 is 11.6 Å². The van der Waals surface area contributed by atoms with Gasteiger partial charge in [-0.2, -0.15) is 13.2 Å². The summed E-state index contributed by atoms with van der Waals surface area (Å²) in [4.78, 5) is 0. The maximum absolute atomic E-state index is 12.5. The zero-order valence-electron chi connectivity index (χ0n) is 8.94. The van der Waals surface area contributed by atoms with Gasteiger partial charge in [0, 0.05) is 4.47 Å². The number of alkyl halides is 4. The molecule has 0 heterocycles. The normalized spacial score (nSPS) is 13.4. The highest BCUT2D eigenvalue weighted by molar-refractivity contribution is 9.10. The summed E-state index contributed by atoms with van der Waals surface area (Å²) in [6.45, 7) is 0. The number of hydrogen-bond donors (Lipinski definition) is 0. The fraction of sp³-hybridized carbons (Fsp3) is 0.400. The summed E-state index contributed by atoms with van der Waals surface area (Å²) >= 11 is 8.39. The molecule has 0 spiro atoms. The lowest BCUT2D eigenvalue weighted by atomic mass is 10.1. The molecular weight excluding hydrogens is 324 g/mol. The Morgan fingerprint density at radius 2 is 1.65 bits per heavy atom. The van der Waals surface area contributed by atoms with Gasteiger partial charge in [-0.25, -0.2) is 0 Å². The van der Waals surface area contributed by atoms with Gasteiger partial charge in [0.2, 0.25) is 0 Å². The van der Waals surface area contributed by atoms with Gasteiger partial charge >= 0.3 is 6.18 Å². The number of methoxy groups -OCH3 is 2. The first kappa shape index (κ1) is 14.4. The van der Waals surface area contributed by atoms with Gasteiger partial charge in [-0.05, 0) is 17.7 Å². The second-order valence-corrected chi connectivity index (χ2v) is 4.42. The molecule has 0 aromatic heterocycles. The topological polar surface area (TPSA) is 18.5 Å². The quantitative estimate of drug-likeness (QED) is 0.768. The average molecular weight is 334 g/mol. The summed E-state index contributed by atoms with van der Waals surface area (Å²) in [6.07, 6.45) is -4.52. The van der Waals surface area contributed by atoms with Crippen LogP contribution in [0.15, 0.2) is 16.6 Å². The maximum Gasteiger partial charge on any atom is 0.408 e. The Morgan fingerprint density at radius 3 is 2.06 bits per heavy atom. The van der Waals surface area contributed by atoms with Crippen molar-refractivity contribution in [1.82, 2.24) is 0 Å². The highest BCUT2D eigenvalue weighted by Gasteiger charge is 2.40. The van der Waals surface area contributed by atoms with Crippen molar-refractivity contribution in [3.05, 3.63) is 22.2 Å². The molecule has 0 aliphatic heterocycles. The SMILES string of the molecule is COc1cc(Br)c(C(Cl)C(F)(F)F)cc1OC. The zero-order valence-corrected chi connectivity index (χ0v) is 11.3. The van der Waals surface area contributed by atoms with Crippen molar-refractivity contribution >= 4 is 27.5 Å². The molecule has 0 saturated carbocycles. The lowest BCUT2D eigenvalue weighted by molar-refractivity contribution is -0.131. The Labute approximate surface area is 110 Å². The highest BCUT2D eigenvalue weighted by atomic mass is 79.9. The van der Waals surface area contributed by atoms with Crippen molar-refractivity contribution in [2.45, 2.75) is 11.6 Å². The lowest BCUT2D eigenvalue weighted by Crippen LogP contribution is -2.16. The van der Waals surface area contributed by atoms with Crippen molar-refractivity contribution in [3.8, 4) is 11.5 Å². The third-order valence-corrected chi connectivity index (χ3v) is 3.23. The van der Waals surface area contributed by atoms with E-state index in [1.165, 1.54) is 26.4 Å². The zero-order chi connectivity index (χ0) is 13.2. The van der Waals surface area contributed by atoms with Gasteiger partial charge in [-0.15, -0.1) is 11.6 Å². The smallest absolute Gasteiger partial charge is 0.408 e. The summed E-state index contributed by atoms with van der Waals surface area (Å²) in [7, 11) is 2.73. The standard InChI is InChI=1S/C10H9BrClF3O2/c1-16-7-3-5(9(12)10(13,14)15)6(11)4-8(7)17-2/h3-4,9H,1-2H3. The van der Waals surface area contributed by atoms with Gasteiger partial charge in [-0.3, -0.25) is 0 Å². The summed E-state index contributed by atoms with van der Waals surface area (Å²) in [5, 5.41) is -2.10. The fourth-order valence-corrected chi connectivity index (χ4v) is 2.10. The van der Waals surface area contributed by atoms with E-state index in [0.717, 1.165) is 0 Å². The van der Waals surface area contributed by atoms with Crippen molar-refractivity contribution < 1.29 is 22.6 Å². The van der Waals surface area contributed by atoms with Crippen LogP contribution in [0.5, 0.6) is 11.5 Å². The Morgan fingerprint density at radius 1 is 1.18 bits per heavy atom. The van der Waals surface area contributed by atoms with Crippen molar-refractivity contribution in [3.63, 3.8) is 0 Å². The predicted octanol–water partition coefficient (Wildman–Crippen LogP) is 4.31. The molecule has 0 saturated heterocycles. The van der Waals surface area contributed by atoms with E-state index >= 15 is 0 Å². The maximum atomic E-state index is 12.5. The molecule has 1 unspecified atom stereocenters. The van der Waals surface area contributed by atoms with Crippen LogP contribution in [0.4, 0.5) is 13.2 Å². The molecule has 17 heavy (non-hydrogen) atoms. The van der Waals surface area contributed by atoms with E-state index in [1.54, 1.807) is 0 Å². The van der Waals surface area contributed by atoms with E-state index in [0.29, 0.717) is 5.75 Å². The van der Waals surface area contributed by atoms with E-state index in [2.05, 4.69) is 15.9 Å². The number of ether oxygens (including phenoxy) is 2. The molecule has 0 fully saturated rings. The highest BCUT2D eigenvalue weighted by Crippen LogP contribution is 2.44. The summed E-state index contributed by atoms with van der Waals surface area (Å²) in [5.41, 5.74) is -0.114. The predicted molar refractivity (Wildman–Crippen MR) is 61.9 cm³/mol. The Balaban J connectivity index is 3.26. The molecule has 1 aromatic carbocycles. The minimum absolute atomic E-state index is 0.114. The van der Waals surface area contributed by atoms with E-state index in [9.17, 15) is 13.2 Å². The van der Waals surface area contributed by atoms with Gasteiger partial charge in [0.05, 0.1) is 14.2 Å². The molecule has 2 nitrogen and oxygen atoms in total. The van der Waals surface area contributed by atoms with Crippen LogP contribution in [-0.2, 0) is 0 Å². The van der Waals surface area contributed by atoms with Crippen LogP contribution >= 0.6 is 27.5 Å². The van der Waals surface area contributed by atoms with Gasteiger partial charge in [0.15, 0.2) is 16.9 Å². The summed E-state index contributed by atoms with van der Waals surface area (Å²) in [6, 6.07) is 2.59. The molecule has 0 aliphatic rings. The fourth-order valence-electron chi connectivity index (χ4n) is 1.24. The number of halogens is 5. The van der Waals surface area contributed by atoms with Crippen LogP contribution < -0.4 is 9.47 Å². The Kier molecular flexibility index (Phi) is 4.55. The van der Waals surface area contributed by atoms with Gasteiger partial charge in [0.25, 0.3) is 0 Å². The molecule has 7 heteroatoms. The lowest BCUT2D eigenvalue weighted by Gasteiger charge is -2.17. The minimum atomic E-state index is -4.52. The molecule has 0 radical (unpaired) electrons. The van der Waals surface area contributed by atoms with E-state index in [4.69, 9.17) is 21.1 Å². The van der Waals surface area contributed by atoms with Gasteiger partial charge in [0.1, 0.15) is 0 Å². The summed E-state index contributed by atoms with van der Waals surface area (Å²) in [5.74, 6) is 0.523. The molecule has 96 valence electrons. The molecule has 1 rings (SSSR count). The van der Waals surface area contributed by atoms with Crippen LogP contribution in [0, 0.1) is 0 Å². The first-order valence-electron chi connectivity index (χ1n) is 4.43. The van der Waals surface area contributed by atoms with E-state index in [1.807, 2.05) is 0 Å². The number of rotatable bonds is 3. The monoisotopic (exact) mass is 332 g/mol. The van der Waals surface area contributed by atoms with Crippen LogP contribution in [-0.4, -0.2) is 20.4 Å². The first-order chi connectivity index (χ1) is 7.81. The molecular formula is C10H9BrClF3O2. The molecule has 1 aromatic rings.